The van der Waals surface area contributed by atoms with Crippen LogP contribution in [0.2, 0.25) is 0 Å². The maximum Gasteiger partial charge on any atom is 0.389 e. The maximum atomic E-state index is 11.6. The van der Waals surface area contributed by atoms with E-state index in [0.717, 1.165) is 19.3 Å². The fourth-order valence-corrected chi connectivity index (χ4v) is 1.15. The first-order chi connectivity index (χ1) is 4.58. The molecule has 0 aromatic carbocycles. The van der Waals surface area contributed by atoms with Crippen LogP contribution in [0, 0.1) is 5.92 Å². The normalized spacial score (nSPS) is 20.7. The summed E-state index contributed by atoms with van der Waals surface area (Å²) in [5.74, 6) is 0.377. The zero-order valence-corrected chi connectivity index (χ0v) is 5.75. The van der Waals surface area contributed by atoms with Gasteiger partial charge in [0.2, 0.25) is 0 Å². The van der Waals surface area contributed by atoms with Crippen LogP contribution < -0.4 is 0 Å². The monoisotopic (exact) mass is 152 g/mol. The summed E-state index contributed by atoms with van der Waals surface area (Å²) < 4.78 is 34.7. The molecule has 0 bridgehead atoms. The van der Waals surface area contributed by atoms with Crippen molar-refractivity contribution in [3.8, 4) is 0 Å². The Balaban J connectivity index is 2.04. The first-order valence-corrected chi connectivity index (χ1v) is 3.65. The second-order valence-corrected chi connectivity index (χ2v) is 2.95. The molecule has 1 aliphatic rings. The van der Waals surface area contributed by atoms with Crippen molar-refractivity contribution in [1.29, 1.82) is 0 Å². The molecule has 1 aliphatic carbocycles. The fourth-order valence-electron chi connectivity index (χ4n) is 1.15. The minimum atomic E-state index is -3.93. The van der Waals surface area contributed by atoms with Crippen molar-refractivity contribution >= 4 is 0 Å². The van der Waals surface area contributed by atoms with Gasteiger partial charge in [-0.1, -0.05) is 19.3 Å². The Morgan fingerprint density at radius 3 is 2.10 bits per heavy atom. The minimum absolute atomic E-state index is 0.351. The third kappa shape index (κ3) is 2.58. The lowest BCUT2D eigenvalue weighted by Crippen LogP contribution is -2.15. The predicted molar refractivity (Wildman–Crippen MR) is 32.6 cm³/mol. The smallest absolute Gasteiger partial charge is 0.171 e. The Hall–Kier alpha value is -0.210. The van der Waals surface area contributed by atoms with E-state index >= 15 is 0 Å². The summed E-state index contributed by atoms with van der Waals surface area (Å²) in [6.07, 6.45) is -1.02. The van der Waals surface area contributed by atoms with E-state index in [2.05, 4.69) is 0 Å². The van der Waals surface area contributed by atoms with Crippen LogP contribution in [0.4, 0.5) is 13.2 Å². The molecule has 0 atom stereocenters. The maximum absolute atomic E-state index is 11.6. The van der Waals surface area contributed by atoms with Crippen LogP contribution in [0.25, 0.3) is 0 Å². The van der Waals surface area contributed by atoms with Crippen molar-refractivity contribution < 1.29 is 13.2 Å². The van der Waals surface area contributed by atoms with Crippen LogP contribution in [0.3, 0.4) is 0 Å². The van der Waals surface area contributed by atoms with Crippen molar-refractivity contribution in [3.05, 3.63) is 0 Å². The second kappa shape index (κ2) is 2.81. The molecule has 0 amide bonds. The molecule has 0 saturated heterocycles. The first-order valence-electron chi connectivity index (χ1n) is 3.65. The SMILES string of the molecule is FC(F)(F)CCC1CCC1. The molecule has 10 heavy (non-hydrogen) atoms. The Labute approximate surface area is 58.4 Å². The molecule has 0 heterocycles. The van der Waals surface area contributed by atoms with E-state index in [1.807, 2.05) is 0 Å². The van der Waals surface area contributed by atoms with E-state index in [1.165, 1.54) is 0 Å². The Morgan fingerprint density at radius 1 is 1.20 bits per heavy atom. The highest BCUT2D eigenvalue weighted by Gasteiger charge is 2.29. The second-order valence-electron chi connectivity index (χ2n) is 2.95. The molecule has 0 aromatic heterocycles. The van der Waals surface area contributed by atoms with Crippen LogP contribution in [-0.4, -0.2) is 6.18 Å². The number of rotatable bonds is 2. The lowest BCUT2D eigenvalue weighted by atomic mass is 9.82. The number of alkyl halides is 3. The number of hydrogen-bond donors (Lipinski definition) is 0. The minimum Gasteiger partial charge on any atom is -0.171 e. The molecule has 0 aliphatic heterocycles. The third-order valence-corrected chi connectivity index (χ3v) is 2.06. The van der Waals surface area contributed by atoms with Gasteiger partial charge in [0.15, 0.2) is 0 Å². The van der Waals surface area contributed by atoms with Crippen molar-refractivity contribution in [2.24, 2.45) is 5.92 Å². The highest BCUT2D eigenvalue weighted by molar-refractivity contribution is 4.70. The van der Waals surface area contributed by atoms with E-state index in [9.17, 15) is 13.2 Å². The lowest BCUT2D eigenvalue weighted by molar-refractivity contribution is -0.138. The molecule has 0 nitrogen and oxygen atoms in total. The van der Waals surface area contributed by atoms with E-state index < -0.39 is 12.6 Å². The predicted octanol–water partition coefficient (Wildman–Crippen LogP) is 3.13. The Bertz CT molecular complexity index is 102. The van der Waals surface area contributed by atoms with Gasteiger partial charge >= 0.3 is 6.18 Å². The van der Waals surface area contributed by atoms with Crippen molar-refractivity contribution in [2.75, 3.05) is 0 Å². The summed E-state index contributed by atoms with van der Waals surface area (Å²) in [4.78, 5) is 0. The molecular weight excluding hydrogens is 141 g/mol. The van der Waals surface area contributed by atoms with Gasteiger partial charge in [-0.15, -0.1) is 0 Å². The average molecular weight is 152 g/mol. The molecule has 0 spiro atoms. The van der Waals surface area contributed by atoms with Crippen LogP contribution in [0.5, 0.6) is 0 Å². The molecule has 0 aromatic rings. The summed E-state index contributed by atoms with van der Waals surface area (Å²) in [5.41, 5.74) is 0. The molecule has 0 N–H and O–H groups in total. The van der Waals surface area contributed by atoms with Crippen LogP contribution in [-0.2, 0) is 0 Å². The van der Waals surface area contributed by atoms with Gasteiger partial charge in [-0.05, 0) is 12.3 Å². The van der Waals surface area contributed by atoms with E-state index in [1.54, 1.807) is 0 Å². The number of hydrogen-bond acceptors (Lipinski definition) is 0. The summed E-state index contributed by atoms with van der Waals surface area (Å²) in [6.45, 7) is 0. The van der Waals surface area contributed by atoms with Crippen molar-refractivity contribution in [2.45, 2.75) is 38.3 Å². The highest BCUT2D eigenvalue weighted by Crippen LogP contribution is 2.34. The van der Waals surface area contributed by atoms with Crippen molar-refractivity contribution in [1.82, 2.24) is 0 Å². The first kappa shape index (κ1) is 7.89. The number of halogens is 3. The molecule has 3 heteroatoms. The third-order valence-electron chi connectivity index (χ3n) is 2.06. The Kier molecular flexibility index (Phi) is 2.21. The fraction of sp³-hybridized carbons (Fsp3) is 1.00. The standard InChI is InChI=1S/C7H11F3/c8-7(9,10)5-4-6-2-1-3-6/h6H,1-5H2. The van der Waals surface area contributed by atoms with Crippen molar-refractivity contribution in [3.63, 3.8) is 0 Å². The van der Waals surface area contributed by atoms with Crippen LogP contribution in [0.1, 0.15) is 32.1 Å². The van der Waals surface area contributed by atoms with Gasteiger partial charge < -0.3 is 0 Å². The van der Waals surface area contributed by atoms with E-state index in [0.29, 0.717) is 12.3 Å². The topological polar surface area (TPSA) is 0 Å². The van der Waals surface area contributed by atoms with Gasteiger partial charge in [-0.3, -0.25) is 0 Å². The lowest BCUT2D eigenvalue weighted by Gasteiger charge is -2.25. The summed E-state index contributed by atoms with van der Waals surface area (Å²) in [7, 11) is 0. The summed E-state index contributed by atoms with van der Waals surface area (Å²) >= 11 is 0. The van der Waals surface area contributed by atoms with Gasteiger partial charge in [0.05, 0.1) is 0 Å². The van der Waals surface area contributed by atoms with Crippen LogP contribution in [0.15, 0.2) is 0 Å². The molecule has 1 saturated carbocycles. The van der Waals surface area contributed by atoms with Gasteiger partial charge in [-0.2, -0.15) is 13.2 Å². The van der Waals surface area contributed by atoms with Gasteiger partial charge in [-0.25, -0.2) is 0 Å². The molecule has 1 fully saturated rings. The van der Waals surface area contributed by atoms with E-state index in [4.69, 9.17) is 0 Å². The van der Waals surface area contributed by atoms with Gasteiger partial charge in [0, 0.05) is 6.42 Å². The molecule has 1 rings (SSSR count). The zero-order valence-electron chi connectivity index (χ0n) is 5.75. The summed E-state index contributed by atoms with van der Waals surface area (Å²) in [5, 5.41) is 0. The highest BCUT2D eigenvalue weighted by atomic mass is 19.4. The molecular formula is C7H11F3. The largest absolute Gasteiger partial charge is 0.389 e. The van der Waals surface area contributed by atoms with Gasteiger partial charge in [0.25, 0.3) is 0 Å². The molecule has 0 radical (unpaired) electrons. The van der Waals surface area contributed by atoms with Gasteiger partial charge in [0.1, 0.15) is 0 Å². The molecule has 0 unspecified atom stereocenters. The average Bonchev–Trinajstić information content (AvgIpc) is 1.56. The van der Waals surface area contributed by atoms with Crippen LogP contribution >= 0.6 is 0 Å². The Morgan fingerprint density at radius 2 is 1.80 bits per heavy atom. The summed E-state index contributed by atoms with van der Waals surface area (Å²) in [6, 6.07) is 0. The van der Waals surface area contributed by atoms with E-state index in [-0.39, 0.29) is 0 Å². The quantitative estimate of drug-likeness (QED) is 0.570. The zero-order chi connectivity index (χ0) is 7.61. The molecule has 60 valence electrons.